The highest BCUT2D eigenvalue weighted by Gasteiger charge is 2.13. The number of ether oxygens (including phenoxy) is 1. The zero-order valence-corrected chi connectivity index (χ0v) is 17.9. The number of hydrogen-bond donors (Lipinski definition) is 1. The van der Waals surface area contributed by atoms with Crippen molar-refractivity contribution in [2.75, 3.05) is 18.0 Å². The molecule has 1 aliphatic rings. The molecule has 3 aromatic rings. The number of anilines is 1. The summed E-state index contributed by atoms with van der Waals surface area (Å²) >= 11 is 6.20. The number of hydrazone groups is 1. The second-order valence-corrected chi connectivity index (χ2v) is 7.77. The lowest BCUT2D eigenvalue weighted by Gasteiger charge is -2.17. The molecular weight excluding hydrogens is 410 g/mol. The number of hydrogen-bond acceptors (Lipinski definition) is 4. The normalized spacial score (nSPS) is 13.5. The maximum Gasteiger partial charge on any atom is 0.271 e. The Bertz CT molecular complexity index is 1060. The van der Waals surface area contributed by atoms with Gasteiger partial charge in [0.05, 0.1) is 6.21 Å². The van der Waals surface area contributed by atoms with Crippen molar-refractivity contribution < 1.29 is 9.53 Å². The summed E-state index contributed by atoms with van der Waals surface area (Å²) < 4.78 is 5.92. The molecule has 1 amide bonds. The van der Waals surface area contributed by atoms with Gasteiger partial charge in [-0.1, -0.05) is 41.9 Å². The number of rotatable bonds is 7. The van der Waals surface area contributed by atoms with Gasteiger partial charge in [0.25, 0.3) is 5.91 Å². The Balaban J connectivity index is 1.36. The molecule has 31 heavy (non-hydrogen) atoms. The first-order chi connectivity index (χ1) is 15.2. The number of carbonyl (C=O) groups is 1. The van der Waals surface area contributed by atoms with Crippen molar-refractivity contribution in [2.24, 2.45) is 5.10 Å². The van der Waals surface area contributed by atoms with E-state index >= 15 is 0 Å². The number of nitrogens with zero attached hydrogens (tertiary/aromatic N) is 2. The van der Waals surface area contributed by atoms with E-state index in [0.717, 1.165) is 29.9 Å². The van der Waals surface area contributed by atoms with Crippen molar-refractivity contribution in [1.82, 2.24) is 5.43 Å². The topological polar surface area (TPSA) is 53.9 Å². The first-order valence-electron chi connectivity index (χ1n) is 10.3. The summed E-state index contributed by atoms with van der Waals surface area (Å²) in [6.07, 6.45) is 4.03. The van der Waals surface area contributed by atoms with Gasteiger partial charge < -0.3 is 9.64 Å². The molecule has 3 aromatic carbocycles. The third kappa shape index (κ3) is 5.44. The zero-order valence-electron chi connectivity index (χ0n) is 17.1. The van der Waals surface area contributed by atoms with Gasteiger partial charge in [-0.2, -0.15) is 5.10 Å². The predicted molar refractivity (Wildman–Crippen MR) is 125 cm³/mol. The fourth-order valence-corrected chi connectivity index (χ4v) is 3.70. The Morgan fingerprint density at radius 2 is 1.71 bits per heavy atom. The third-order valence-electron chi connectivity index (χ3n) is 5.23. The summed E-state index contributed by atoms with van der Waals surface area (Å²) in [7, 11) is 0. The molecule has 1 heterocycles. The first-order valence-corrected chi connectivity index (χ1v) is 10.7. The SMILES string of the molecule is O=C(N/N=C\c1ccccc1OCc1ccccc1Cl)c1ccc(N2CCCC2)cc1. The second kappa shape index (κ2) is 10.1. The Hall–Kier alpha value is -3.31. The van der Waals surface area contributed by atoms with E-state index in [0.29, 0.717) is 22.9 Å². The van der Waals surface area contributed by atoms with Gasteiger partial charge in [-0.3, -0.25) is 4.79 Å². The highest BCUT2D eigenvalue weighted by molar-refractivity contribution is 6.31. The van der Waals surface area contributed by atoms with E-state index in [1.165, 1.54) is 12.8 Å². The van der Waals surface area contributed by atoms with Crippen molar-refractivity contribution in [3.05, 3.63) is 94.5 Å². The molecule has 5 nitrogen and oxygen atoms in total. The average Bonchev–Trinajstić information content (AvgIpc) is 3.34. The van der Waals surface area contributed by atoms with Crippen LogP contribution in [0.3, 0.4) is 0 Å². The number of benzene rings is 3. The molecule has 0 atom stereocenters. The summed E-state index contributed by atoms with van der Waals surface area (Å²) in [5.41, 5.74) is 5.98. The average molecular weight is 434 g/mol. The van der Waals surface area contributed by atoms with Gasteiger partial charge in [0, 0.05) is 40.5 Å². The van der Waals surface area contributed by atoms with Crippen LogP contribution >= 0.6 is 11.6 Å². The van der Waals surface area contributed by atoms with Crippen LogP contribution in [0, 0.1) is 0 Å². The minimum absolute atomic E-state index is 0.251. The van der Waals surface area contributed by atoms with E-state index in [4.69, 9.17) is 16.3 Å². The monoisotopic (exact) mass is 433 g/mol. The van der Waals surface area contributed by atoms with E-state index in [9.17, 15) is 4.79 Å². The summed E-state index contributed by atoms with van der Waals surface area (Å²) in [4.78, 5) is 14.7. The van der Waals surface area contributed by atoms with Crippen LogP contribution in [-0.2, 0) is 6.61 Å². The molecule has 158 valence electrons. The van der Waals surface area contributed by atoms with Crippen LogP contribution in [0.15, 0.2) is 77.9 Å². The van der Waals surface area contributed by atoms with Crippen molar-refractivity contribution in [3.63, 3.8) is 0 Å². The standard InChI is InChI=1S/C25H24ClN3O2/c26-23-9-3-1-8-21(23)18-31-24-10-4-2-7-20(24)17-27-28-25(30)19-11-13-22(14-12-19)29-15-5-6-16-29/h1-4,7-14,17H,5-6,15-16,18H2,(H,28,30)/b27-17-. The van der Waals surface area contributed by atoms with Crippen LogP contribution in [-0.4, -0.2) is 25.2 Å². The predicted octanol–water partition coefficient (Wildman–Crippen LogP) is 5.28. The van der Waals surface area contributed by atoms with Gasteiger partial charge in [0.15, 0.2) is 0 Å². The molecule has 0 bridgehead atoms. The van der Waals surface area contributed by atoms with Gasteiger partial charge >= 0.3 is 0 Å². The Morgan fingerprint density at radius 3 is 2.48 bits per heavy atom. The summed E-state index contributed by atoms with van der Waals surface area (Å²) in [5, 5.41) is 4.77. The van der Waals surface area contributed by atoms with Crippen LogP contribution in [0.4, 0.5) is 5.69 Å². The lowest BCUT2D eigenvalue weighted by molar-refractivity contribution is 0.0955. The van der Waals surface area contributed by atoms with Gasteiger partial charge in [0.2, 0.25) is 0 Å². The smallest absolute Gasteiger partial charge is 0.271 e. The van der Waals surface area contributed by atoms with Crippen molar-refractivity contribution >= 4 is 29.4 Å². The van der Waals surface area contributed by atoms with Crippen molar-refractivity contribution in [2.45, 2.75) is 19.4 Å². The Labute approximate surface area is 187 Å². The first kappa shape index (κ1) is 20.9. The molecule has 4 rings (SSSR count). The quantitative estimate of drug-likeness (QED) is 0.407. The molecular formula is C25H24ClN3O2. The van der Waals surface area contributed by atoms with E-state index in [1.807, 2.05) is 72.8 Å². The van der Waals surface area contributed by atoms with Crippen LogP contribution < -0.4 is 15.1 Å². The van der Waals surface area contributed by atoms with Crippen molar-refractivity contribution in [3.8, 4) is 5.75 Å². The Kier molecular flexibility index (Phi) is 6.85. The number of amides is 1. The molecule has 1 saturated heterocycles. The summed E-state index contributed by atoms with van der Waals surface area (Å²) in [5.74, 6) is 0.411. The molecule has 0 unspecified atom stereocenters. The van der Waals surface area contributed by atoms with Gasteiger partial charge in [0.1, 0.15) is 12.4 Å². The molecule has 1 fully saturated rings. The van der Waals surface area contributed by atoms with E-state index in [1.54, 1.807) is 6.21 Å². The number of para-hydroxylation sites is 1. The number of carbonyl (C=O) groups excluding carboxylic acids is 1. The van der Waals surface area contributed by atoms with Crippen LogP contribution in [0.5, 0.6) is 5.75 Å². The second-order valence-electron chi connectivity index (χ2n) is 7.36. The van der Waals surface area contributed by atoms with E-state index in [2.05, 4.69) is 15.4 Å². The minimum Gasteiger partial charge on any atom is -0.488 e. The van der Waals surface area contributed by atoms with E-state index < -0.39 is 0 Å². The molecule has 0 spiro atoms. The van der Waals surface area contributed by atoms with Crippen molar-refractivity contribution in [1.29, 1.82) is 0 Å². The number of nitrogens with one attached hydrogen (secondary N) is 1. The van der Waals surface area contributed by atoms with Crippen LogP contribution in [0.25, 0.3) is 0 Å². The highest BCUT2D eigenvalue weighted by Crippen LogP contribution is 2.22. The third-order valence-corrected chi connectivity index (χ3v) is 5.60. The fourth-order valence-electron chi connectivity index (χ4n) is 3.51. The summed E-state index contributed by atoms with van der Waals surface area (Å²) in [6, 6.07) is 22.7. The highest BCUT2D eigenvalue weighted by atomic mass is 35.5. The van der Waals surface area contributed by atoms with Gasteiger partial charge in [-0.05, 0) is 55.3 Å². The molecule has 0 radical (unpaired) electrons. The fraction of sp³-hybridized carbons (Fsp3) is 0.200. The van der Waals surface area contributed by atoms with Gasteiger partial charge in [-0.25, -0.2) is 5.43 Å². The maximum atomic E-state index is 12.4. The van der Waals surface area contributed by atoms with Crippen LogP contribution in [0.2, 0.25) is 5.02 Å². The molecule has 1 N–H and O–H groups in total. The molecule has 1 aliphatic heterocycles. The number of halogens is 1. The maximum absolute atomic E-state index is 12.4. The molecule has 0 aromatic heterocycles. The lowest BCUT2D eigenvalue weighted by Crippen LogP contribution is -2.19. The van der Waals surface area contributed by atoms with Gasteiger partial charge in [-0.15, -0.1) is 0 Å². The minimum atomic E-state index is -0.251. The molecule has 0 aliphatic carbocycles. The molecule has 6 heteroatoms. The Morgan fingerprint density at radius 1 is 1.00 bits per heavy atom. The lowest BCUT2D eigenvalue weighted by atomic mass is 10.2. The summed E-state index contributed by atoms with van der Waals surface area (Å²) in [6.45, 7) is 2.50. The molecule has 0 saturated carbocycles. The largest absolute Gasteiger partial charge is 0.488 e. The van der Waals surface area contributed by atoms with E-state index in [-0.39, 0.29) is 5.91 Å². The zero-order chi connectivity index (χ0) is 21.5. The van der Waals surface area contributed by atoms with Crippen LogP contribution in [0.1, 0.15) is 34.3 Å².